The van der Waals surface area contributed by atoms with Gasteiger partial charge in [-0.2, -0.15) is 5.10 Å². The Labute approximate surface area is 148 Å². The lowest BCUT2D eigenvalue weighted by molar-refractivity contribution is -0.122. The molecule has 1 aromatic carbocycles. The highest BCUT2D eigenvalue weighted by Crippen LogP contribution is 2.31. The number of hydrogen-bond donors (Lipinski definition) is 1. The third-order valence-corrected chi connectivity index (χ3v) is 4.78. The van der Waals surface area contributed by atoms with E-state index >= 15 is 0 Å². The molecule has 1 amide bonds. The second-order valence-corrected chi connectivity index (χ2v) is 6.78. The predicted molar refractivity (Wildman–Crippen MR) is 92.6 cm³/mol. The van der Waals surface area contributed by atoms with Crippen LogP contribution in [0.15, 0.2) is 34.9 Å². The smallest absolute Gasteiger partial charge is 0.266 e. The largest absolute Gasteiger partial charge is 0.480 e. The fourth-order valence-corrected chi connectivity index (χ4v) is 3.34. The molecule has 2 aromatic rings. The van der Waals surface area contributed by atoms with E-state index in [1.54, 1.807) is 19.2 Å². The molecule has 1 atom stereocenters. The molecular weight excluding hydrogens is 377 g/mol. The molecule has 1 unspecified atom stereocenters. The number of amides is 1. The summed E-state index contributed by atoms with van der Waals surface area (Å²) in [5.74, 6) is 0.460. The summed E-state index contributed by atoms with van der Waals surface area (Å²) in [5, 5.41) is 7.20. The molecule has 0 radical (unpaired) electrons. The fourth-order valence-electron chi connectivity index (χ4n) is 2.90. The van der Waals surface area contributed by atoms with E-state index in [-0.39, 0.29) is 11.7 Å². The summed E-state index contributed by atoms with van der Waals surface area (Å²) in [7, 11) is 0. The first-order chi connectivity index (χ1) is 11.5. The van der Waals surface area contributed by atoms with Crippen molar-refractivity contribution in [3.63, 3.8) is 0 Å². The van der Waals surface area contributed by atoms with Crippen LogP contribution in [-0.2, 0) is 4.79 Å². The maximum Gasteiger partial charge on any atom is 0.266 e. The normalized spacial score (nSPS) is 16.1. The van der Waals surface area contributed by atoms with Crippen LogP contribution < -0.4 is 10.1 Å². The number of benzene rings is 1. The van der Waals surface area contributed by atoms with Crippen molar-refractivity contribution in [2.45, 2.75) is 44.8 Å². The third-order valence-electron chi connectivity index (χ3n) is 4.16. The first kappa shape index (κ1) is 17.0. The molecule has 1 heterocycles. The lowest BCUT2D eigenvalue weighted by atomic mass is 10.2. The molecule has 7 heteroatoms. The Bertz CT molecular complexity index is 728. The zero-order valence-electron chi connectivity index (χ0n) is 13.3. The first-order valence-electron chi connectivity index (χ1n) is 8.00. The van der Waals surface area contributed by atoms with Gasteiger partial charge in [0.2, 0.25) is 0 Å². The Balaban J connectivity index is 1.65. The second kappa shape index (κ2) is 7.34. The van der Waals surface area contributed by atoms with Gasteiger partial charge in [-0.05, 0) is 53.9 Å². The topological polar surface area (TPSA) is 56.1 Å². The van der Waals surface area contributed by atoms with E-state index in [1.165, 1.54) is 31.0 Å². The van der Waals surface area contributed by atoms with Crippen LogP contribution in [0.1, 0.15) is 38.6 Å². The zero-order chi connectivity index (χ0) is 17.1. The molecule has 0 aliphatic heterocycles. The lowest BCUT2D eigenvalue weighted by Crippen LogP contribution is -2.31. The Morgan fingerprint density at radius 1 is 1.42 bits per heavy atom. The molecule has 1 aliphatic rings. The standard InChI is InChI=1S/C17H19BrFN3O2/c1-11(24-15-7-6-12(19)10-14(15)18)17(23)21-16-8-9-20-22(16)13-4-2-3-5-13/h6-11,13H,2-5H2,1H3,(H,21,23). The van der Waals surface area contributed by atoms with Gasteiger partial charge in [0.1, 0.15) is 17.4 Å². The number of carbonyl (C=O) groups is 1. The van der Waals surface area contributed by atoms with Crippen LogP contribution >= 0.6 is 15.9 Å². The van der Waals surface area contributed by atoms with Gasteiger partial charge in [-0.1, -0.05) is 12.8 Å². The van der Waals surface area contributed by atoms with Crippen molar-refractivity contribution in [1.29, 1.82) is 0 Å². The molecule has 5 nitrogen and oxygen atoms in total. The molecule has 1 aliphatic carbocycles. The van der Waals surface area contributed by atoms with Gasteiger partial charge in [0.15, 0.2) is 6.10 Å². The van der Waals surface area contributed by atoms with Gasteiger partial charge >= 0.3 is 0 Å². The van der Waals surface area contributed by atoms with Gasteiger partial charge in [-0.15, -0.1) is 0 Å². The van der Waals surface area contributed by atoms with Crippen LogP contribution in [0, 0.1) is 5.82 Å². The summed E-state index contributed by atoms with van der Waals surface area (Å²) in [4.78, 5) is 12.4. The molecule has 1 N–H and O–H groups in total. The van der Waals surface area contributed by atoms with Gasteiger partial charge in [0.05, 0.1) is 16.7 Å². The van der Waals surface area contributed by atoms with Gasteiger partial charge in [0, 0.05) is 6.07 Å². The first-order valence-corrected chi connectivity index (χ1v) is 8.80. The number of aromatic nitrogens is 2. The molecule has 0 spiro atoms. The summed E-state index contributed by atoms with van der Waals surface area (Å²) in [6.07, 6.45) is 5.51. The Morgan fingerprint density at radius 3 is 2.88 bits per heavy atom. The van der Waals surface area contributed by atoms with Crippen molar-refractivity contribution >= 4 is 27.7 Å². The summed E-state index contributed by atoms with van der Waals surface area (Å²) >= 11 is 3.23. The molecule has 1 saturated carbocycles. The summed E-state index contributed by atoms with van der Waals surface area (Å²) in [6, 6.07) is 6.22. The molecule has 1 fully saturated rings. The van der Waals surface area contributed by atoms with Crippen molar-refractivity contribution in [3.8, 4) is 5.75 Å². The summed E-state index contributed by atoms with van der Waals surface area (Å²) in [5.41, 5.74) is 0. The van der Waals surface area contributed by atoms with Gasteiger partial charge in [-0.3, -0.25) is 4.79 Å². The number of nitrogens with one attached hydrogen (secondary N) is 1. The minimum Gasteiger partial charge on any atom is -0.480 e. The van der Waals surface area contributed by atoms with Crippen LogP contribution in [0.2, 0.25) is 0 Å². The highest BCUT2D eigenvalue weighted by molar-refractivity contribution is 9.10. The van der Waals surface area contributed by atoms with Crippen molar-refractivity contribution < 1.29 is 13.9 Å². The van der Waals surface area contributed by atoms with Crippen molar-refractivity contribution in [2.24, 2.45) is 0 Å². The number of nitrogens with zero attached hydrogens (tertiary/aromatic N) is 2. The number of ether oxygens (including phenoxy) is 1. The fraction of sp³-hybridized carbons (Fsp3) is 0.412. The van der Waals surface area contributed by atoms with Crippen LogP contribution in [0.3, 0.4) is 0 Å². The van der Waals surface area contributed by atoms with Crippen LogP contribution in [0.4, 0.5) is 10.2 Å². The van der Waals surface area contributed by atoms with E-state index in [2.05, 4.69) is 26.3 Å². The van der Waals surface area contributed by atoms with E-state index in [0.717, 1.165) is 12.8 Å². The van der Waals surface area contributed by atoms with Gasteiger partial charge in [0.25, 0.3) is 5.91 Å². The van der Waals surface area contributed by atoms with E-state index in [1.807, 2.05) is 4.68 Å². The van der Waals surface area contributed by atoms with E-state index in [4.69, 9.17) is 4.74 Å². The maximum absolute atomic E-state index is 13.1. The second-order valence-electron chi connectivity index (χ2n) is 5.92. The van der Waals surface area contributed by atoms with Crippen LogP contribution in [0.5, 0.6) is 5.75 Å². The number of anilines is 1. The average Bonchev–Trinajstić information content (AvgIpc) is 3.20. The summed E-state index contributed by atoms with van der Waals surface area (Å²) < 4.78 is 21.1. The van der Waals surface area contributed by atoms with Crippen molar-refractivity contribution in [2.75, 3.05) is 5.32 Å². The number of halogens is 2. The van der Waals surface area contributed by atoms with E-state index < -0.39 is 6.10 Å². The minimum absolute atomic E-state index is 0.272. The molecule has 128 valence electrons. The number of hydrogen-bond acceptors (Lipinski definition) is 3. The lowest BCUT2D eigenvalue weighted by Gasteiger charge is -2.18. The SMILES string of the molecule is CC(Oc1ccc(F)cc1Br)C(=O)Nc1ccnn1C1CCCC1. The Hall–Kier alpha value is -1.89. The predicted octanol–water partition coefficient (Wildman–Crippen LogP) is 4.31. The molecule has 1 aromatic heterocycles. The molecule has 0 saturated heterocycles. The Morgan fingerprint density at radius 2 is 2.17 bits per heavy atom. The highest BCUT2D eigenvalue weighted by Gasteiger charge is 2.22. The zero-order valence-corrected chi connectivity index (χ0v) is 14.9. The van der Waals surface area contributed by atoms with Crippen LogP contribution in [-0.4, -0.2) is 21.8 Å². The molecular formula is C17H19BrFN3O2. The monoisotopic (exact) mass is 395 g/mol. The third kappa shape index (κ3) is 3.77. The Kier molecular flexibility index (Phi) is 5.18. The van der Waals surface area contributed by atoms with E-state index in [9.17, 15) is 9.18 Å². The quantitative estimate of drug-likeness (QED) is 0.820. The van der Waals surface area contributed by atoms with Crippen LogP contribution in [0.25, 0.3) is 0 Å². The average molecular weight is 396 g/mol. The molecule has 3 rings (SSSR count). The molecule has 24 heavy (non-hydrogen) atoms. The van der Waals surface area contributed by atoms with Gasteiger partial charge < -0.3 is 10.1 Å². The summed E-state index contributed by atoms with van der Waals surface area (Å²) in [6.45, 7) is 1.65. The minimum atomic E-state index is -0.723. The molecule has 0 bridgehead atoms. The van der Waals surface area contributed by atoms with Crippen molar-refractivity contribution in [1.82, 2.24) is 9.78 Å². The number of rotatable bonds is 5. The maximum atomic E-state index is 13.1. The number of carbonyl (C=O) groups excluding carboxylic acids is 1. The van der Waals surface area contributed by atoms with Gasteiger partial charge in [-0.25, -0.2) is 9.07 Å². The van der Waals surface area contributed by atoms with Crippen molar-refractivity contribution in [3.05, 3.63) is 40.8 Å². The highest BCUT2D eigenvalue weighted by atomic mass is 79.9. The van der Waals surface area contributed by atoms with E-state index in [0.29, 0.717) is 22.1 Å².